The highest BCUT2D eigenvalue weighted by atomic mass is 32.2. The second-order valence-electron chi connectivity index (χ2n) is 6.41. The first-order valence-corrected chi connectivity index (χ1v) is 10.4. The van der Waals surface area contributed by atoms with Crippen LogP contribution in [-0.2, 0) is 16.6 Å². The summed E-state index contributed by atoms with van der Waals surface area (Å²) in [6.45, 7) is 3.41. The van der Waals surface area contributed by atoms with E-state index >= 15 is 0 Å². The minimum atomic E-state index is -3.50. The summed E-state index contributed by atoms with van der Waals surface area (Å²) in [5.74, 6) is 1.39. The number of hydrogen-bond donors (Lipinski definition) is 2. The van der Waals surface area contributed by atoms with Crippen LogP contribution in [0.5, 0.6) is 5.75 Å². The Balaban J connectivity index is 1.88. The number of aryl methyl sites for hydroxylation is 1. The molecule has 2 N–H and O–H groups in total. The fourth-order valence-electron chi connectivity index (χ4n) is 2.47. The zero-order valence-corrected chi connectivity index (χ0v) is 17.6. The molecule has 0 saturated heterocycles. The smallest absolute Gasteiger partial charge is 0.242 e. The van der Waals surface area contributed by atoms with Crippen LogP contribution in [0.2, 0.25) is 0 Å². The molecule has 7 nitrogen and oxygen atoms in total. The van der Waals surface area contributed by atoms with Crippen molar-refractivity contribution in [3.05, 3.63) is 59.7 Å². The van der Waals surface area contributed by atoms with Crippen molar-refractivity contribution in [1.29, 1.82) is 0 Å². The van der Waals surface area contributed by atoms with Gasteiger partial charge in [0.1, 0.15) is 12.4 Å². The van der Waals surface area contributed by atoms with Gasteiger partial charge in [-0.05, 0) is 30.7 Å². The standard InChI is InChI=1S/C20H28N4O3S/c1-16-9-11-18(12-10-16)27-14-13-22-20(21-2)23-15-17-7-5-6-8-19(17)28(25,26)24(3)4/h5-12H,13-15H2,1-4H3,(H2,21,22,23). The minimum Gasteiger partial charge on any atom is -0.492 e. The number of aliphatic imine (C=N–C) groups is 1. The molecule has 0 fully saturated rings. The summed E-state index contributed by atoms with van der Waals surface area (Å²) >= 11 is 0. The molecule has 0 aromatic heterocycles. The Kier molecular flexibility index (Phi) is 7.83. The Morgan fingerprint density at radius 1 is 1.07 bits per heavy atom. The van der Waals surface area contributed by atoms with Crippen LogP contribution in [0.4, 0.5) is 0 Å². The van der Waals surface area contributed by atoms with Gasteiger partial charge in [0.15, 0.2) is 5.96 Å². The maximum absolute atomic E-state index is 12.5. The third-order valence-electron chi connectivity index (χ3n) is 4.09. The third kappa shape index (κ3) is 5.97. The molecule has 0 saturated carbocycles. The fourth-order valence-corrected chi connectivity index (χ4v) is 3.59. The first-order valence-electron chi connectivity index (χ1n) is 8.99. The summed E-state index contributed by atoms with van der Waals surface area (Å²) in [5.41, 5.74) is 1.86. The number of nitrogens with one attached hydrogen (secondary N) is 2. The fraction of sp³-hybridized carbons (Fsp3) is 0.350. The molecule has 0 bridgehead atoms. The summed E-state index contributed by atoms with van der Waals surface area (Å²) < 4.78 is 31.8. The monoisotopic (exact) mass is 404 g/mol. The van der Waals surface area contributed by atoms with Crippen molar-refractivity contribution in [3.8, 4) is 5.75 Å². The van der Waals surface area contributed by atoms with Crippen LogP contribution in [0.25, 0.3) is 0 Å². The van der Waals surface area contributed by atoms with Crippen LogP contribution in [0.3, 0.4) is 0 Å². The van der Waals surface area contributed by atoms with E-state index in [1.807, 2.05) is 37.3 Å². The molecule has 0 aliphatic rings. The maximum atomic E-state index is 12.5. The van der Waals surface area contributed by atoms with Gasteiger partial charge >= 0.3 is 0 Å². The van der Waals surface area contributed by atoms with Crippen molar-refractivity contribution in [3.63, 3.8) is 0 Å². The lowest BCUT2D eigenvalue weighted by atomic mass is 10.2. The Labute approximate surface area is 167 Å². The maximum Gasteiger partial charge on any atom is 0.242 e. The molecule has 2 rings (SSSR count). The molecule has 0 atom stereocenters. The Hall–Kier alpha value is -2.58. The quantitative estimate of drug-likeness (QED) is 0.399. The molecule has 0 radical (unpaired) electrons. The largest absolute Gasteiger partial charge is 0.492 e. The normalized spacial score (nSPS) is 12.1. The van der Waals surface area contributed by atoms with Crippen molar-refractivity contribution in [2.75, 3.05) is 34.3 Å². The molecule has 0 aliphatic carbocycles. The number of nitrogens with zero attached hydrogens (tertiary/aromatic N) is 2. The highest BCUT2D eigenvalue weighted by Gasteiger charge is 2.20. The van der Waals surface area contributed by atoms with Crippen molar-refractivity contribution < 1.29 is 13.2 Å². The molecule has 28 heavy (non-hydrogen) atoms. The molecular formula is C20H28N4O3S. The van der Waals surface area contributed by atoms with E-state index in [2.05, 4.69) is 15.6 Å². The van der Waals surface area contributed by atoms with Gasteiger partial charge in [-0.25, -0.2) is 12.7 Å². The van der Waals surface area contributed by atoms with Gasteiger partial charge in [0, 0.05) is 27.7 Å². The van der Waals surface area contributed by atoms with Gasteiger partial charge in [0.05, 0.1) is 11.4 Å². The zero-order chi connectivity index (χ0) is 20.6. The molecule has 2 aromatic rings. The lowest BCUT2D eigenvalue weighted by Gasteiger charge is -2.17. The number of benzene rings is 2. The summed E-state index contributed by atoms with van der Waals surface area (Å²) in [4.78, 5) is 4.45. The first-order chi connectivity index (χ1) is 13.3. The van der Waals surface area contributed by atoms with Crippen molar-refractivity contribution in [2.45, 2.75) is 18.4 Å². The predicted molar refractivity (Wildman–Crippen MR) is 112 cm³/mol. The number of guanidine groups is 1. The van der Waals surface area contributed by atoms with Crippen molar-refractivity contribution >= 4 is 16.0 Å². The Bertz CT molecular complexity index is 894. The average molecular weight is 405 g/mol. The van der Waals surface area contributed by atoms with E-state index in [4.69, 9.17) is 4.74 Å². The van der Waals surface area contributed by atoms with E-state index in [9.17, 15) is 8.42 Å². The number of rotatable bonds is 8. The molecule has 0 heterocycles. The molecule has 152 valence electrons. The molecule has 0 amide bonds. The third-order valence-corrected chi connectivity index (χ3v) is 6.00. The topological polar surface area (TPSA) is 83.0 Å². The van der Waals surface area contributed by atoms with E-state index in [0.29, 0.717) is 31.2 Å². The molecule has 0 unspecified atom stereocenters. The number of sulfonamides is 1. The second-order valence-corrected chi connectivity index (χ2v) is 8.53. The van der Waals surface area contributed by atoms with Crippen LogP contribution < -0.4 is 15.4 Å². The molecule has 0 spiro atoms. The second kappa shape index (κ2) is 10.1. The highest BCUT2D eigenvalue weighted by Crippen LogP contribution is 2.18. The summed E-state index contributed by atoms with van der Waals surface area (Å²) in [6.07, 6.45) is 0. The molecule has 8 heteroatoms. The van der Waals surface area contributed by atoms with Gasteiger partial charge in [-0.3, -0.25) is 4.99 Å². The van der Waals surface area contributed by atoms with E-state index in [0.717, 1.165) is 5.75 Å². The number of hydrogen-bond acceptors (Lipinski definition) is 4. The predicted octanol–water partition coefficient (Wildman–Crippen LogP) is 1.99. The van der Waals surface area contributed by atoms with Gasteiger partial charge < -0.3 is 15.4 Å². The summed E-state index contributed by atoms with van der Waals surface area (Å²) in [5, 5.41) is 6.30. The van der Waals surface area contributed by atoms with Gasteiger partial charge in [-0.2, -0.15) is 0 Å². The zero-order valence-electron chi connectivity index (χ0n) is 16.8. The van der Waals surface area contributed by atoms with E-state index in [-0.39, 0.29) is 4.90 Å². The van der Waals surface area contributed by atoms with Crippen LogP contribution >= 0.6 is 0 Å². The summed E-state index contributed by atoms with van der Waals surface area (Å²) in [6, 6.07) is 14.8. The van der Waals surface area contributed by atoms with E-state index < -0.39 is 10.0 Å². The summed E-state index contributed by atoms with van der Waals surface area (Å²) in [7, 11) is 1.21. The van der Waals surface area contributed by atoms with E-state index in [1.54, 1.807) is 25.2 Å². The minimum absolute atomic E-state index is 0.283. The van der Waals surface area contributed by atoms with Gasteiger partial charge in [-0.15, -0.1) is 0 Å². The van der Waals surface area contributed by atoms with Crippen molar-refractivity contribution in [2.24, 2.45) is 4.99 Å². The molecule has 0 aliphatic heterocycles. The Morgan fingerprint density at radius 2 is 1.75 bits per heavy atom. The van der Waals surface area contributed by atoms with Gasteiger partial charge in [-0.1, -0.05) is 35.9 Å². The van der Waals surface area contributed by atoms with E-state index in [1.165, 1.54) is 24.0 Å². The molecular weight excluding hydrogens is 376 g/mol. The SMILES string of the molecule is CN=C(NCCOc1ccc(C)cc1)NCc1ccccc1S(=O)(=O)N(C)C. The first kappa shape index (κ1) is 21.7. The van der Waals surface area contributed by atoms with Gasteiger partial charge in [0.2, 0.25) is 10.0 Å². The number of ether oxygens (including phenoxy) is 1. The van der Waals surface area contributed by atoms with Crippen LogP contribution in [0, 0.1) is 6.92 Å². The average Bonchev–Trinajstić information content (AvgIpc) is 2.69. The highest BCUT2D eigenvalue weighted by molar-refractivity contribution is 7.89. The van der Waals surface area contributed by atoms with Gasteiger partial charge in [0.25, 0.3) is 0 Å². The van der Waals surface area contributed by atoms with Crippen LogP contribution in [0.15, 0.2) is 58.4 Å². The van der Waals surface area contributed by atoms with Crippen LogP contribution in [-0.4, -0.2) is 53.0 Å². The van der Waals surface area contributed by atoms with Crippen LogP contribution in [0.1, 0.15) is 11.1 Å². The van der Waals surface area contributed by atoms with Crippen molar-refractivity contribution in [1.82, 2.24) is 14.9 Å². The Morgan fingerprint density at radius 3 is 2.39 bits per heavy atom. The lowest BCUT2D eigenvalue weighted by molar-refractivity contribution is 0.322. The molecule has 2 aromatic carbocycles. The lowest BCUT2D eigenvalue weighted by Crippen LogP contribution is -2.39.